The second-order valence-electron chi connectivity index (χ2n) is 8.92. The number of thiophene rings is 1. The predicted molar refractivity (Wildman–Crippen MR) is 118 cm³/mol. The van der Waals surface area contributed by atoms with Crippen LogP contribution < -0.4 is 5.32 Å². The number of carbonyl (C=O) groups excluding carboxylic acids is 2. The lowest BCUT2D eigenvalue weighted by molar-refractivity contribution is 0.0216. The summed E-state index contributed by atoms with van der Waals surface area (Å²) in [5.41, 5.74) is 1.09. The number of piperidine rings is 3. The number of likely N-dealkylation sites (N-methyl/N-ethyl adjacent to an activating group) is 1. The molecule has 7 nitrogen and oxygen atoms in total. The van der Waals surface area contributed by atoms with Gasteiger partial charge < -0.3 is 15.1 Å². The number of piperazine rings is 1. The summed E-state index contributed by atoms with van der Waals surface area (Å²) in [4.78, 5) is 37.1. The number of pyridine rings is 1. The molecule has 4 fully saturated rings. The average molecular weight is 428 g/mol. The average Bonchev–Trinajstić information content (AvgIpc) is 3.19. The molecule has 30 heavy (non-hydrogen) atoms. The molecule has 2 amide bonds. The Kier molecular flexibility index (Phi) is 5.24. The van der Waals surface area contributed by atoms with Crippen LogP contribution in [0.2, 0.25) is 0 Å². The van der Waals surface area contributed by atoms with Crippen LogP contribution in [0.1, 0.15) is 40.6 Å². The van der Waals surface area contributed by atoms with E-state index in [9.17, 15) is 9.59 Å². The van der Waals surface area contributed by atoms with Crippen molar-refractivity contribution in [3.05, 3.63) is 28.9 Å². The van der Waals surface area contributed by atoms with Crippen molar-refractivity contribution in [3.8, 4) is 0 Å². The van der Waals surface area contributed by atoms with Gasteiger partial charge in [-0.3, -0.25) is 14.5 Å². The second-order valence-corrected chi connectivity index (χ2v) is 9.84. The van der Waals surface area contributed by atoms with Crippen LogP contribution in [-0.2, 0) is 0 Å². The van der Waals surface area contributed by atoms with Gasteiger partial charge in [0.05, 0.1) is 10.3 Å². The Balaban J connectivity index is 1.36. The van der Waals surface area contributed by atoms with Crippen molar-refractivity contribution in [2.24, 2.45) is 5.92 Å². The number of carbonyl (C=O) groups is 2. The van der Waals surface area contributed by atoms with Gasteiger partial charge in [-0.1, -0.05) is 0 Å². The van der Waals surface area contributed by atoms with E-state index in [0.717, 1.165) is 62.2 Å². The summed E-state index contributed by atoms with van der Waals surface area (Å²) in [5, 5.41) is 6.00. The first-order chi connectivity index (χ1) is 14.5. The molecule has 0 aliphatic carbocycles. The zero-order valence-electron chi connectivity index (χ0n) is 17.6. The molecule has 0 radical (unpaired) electrons. The van der Waals surface area contributed by atoms with Crippen LogP contribution in [0.3, 0.4) is 0 Å². The maximum absolute atomic E-state index is 13.1. The number of nitrogens with zero attached hydrogens (tertiary/aromatic N) is 4. The molecule has 6 heterocycles. The van der Waals surface area contributed by atoms with Crippen LogP contribution in [0.5, 0.6) is 0 Å². The lowest BCUT2D eigenvalue weighted by Gasteiger charge is -2.49. The monoisotopic (exact) mass is 427 g/mol. The summed E-state index contributed by atoms with van der Waals surface area (Å²) < 4.78 is 0.945. The zero-order chi connectivity index (χ0) is 20.8. The third-order valence-electron chi connectivity index (χ3n) is 7.19. The van der Waals surface area contributed by atoms with Crippen molar-refractivity contribution in [3.63, 3.8) is 0 Å². The van der Waals surface area contributed by atoms with Crippen molar-refractivity contribution in [1.29, 1.82) is 0 Å². The van der Waals surface area contributed by atoms with Crippen LogP contribution >= 0.6 is 11.3 Å². The molecule has 0 spiro atoms. The summed E-state index contributed by atoms with van der Waals surface area (Å²) in [7, 11) is 2.08. The van der Waals surface area contributed by atoms with E-state index in [1.54, 1.807) is 12.3 Å². The molecule has 4 aliphatic heterocycles. The number of amides is 2. The van der Waals surface area contributed by atoms with Gasteiger partial charge in [-0.05, 0) is 51.9 Å². The van der Waals surface area contributed by atoms with Crippen LogP contribution in [0.25, 0.3) is 10.1 Å². The van der Waals surface area contributed by atoms with Gasteiger partial charge in [0.2, 0.25) is 0 Å². The summed E-state index contributed by atoms with van der Waals surface area (Å²) >= 11 is 1.51. The number of fused-ring (bicyclic) bond motifs is 4. The van der Waals surface area contributed by atoms with Gasteiger partial charge in [-0.25, -0.2) is 4.98 Å². The number of hydrogen-bond donors (Lipinski definition) is 1. The third-order valence-corrected chi connectivity index (χ3v) is 8.12. The molecule has 0 aromatic carbocycles. The standard InChI is InChI=1S/C22H29N5O2S/c1-14-20(15-3-5-26(14)6-4-15)24-21(28)18-11-16-17(13-30-19(16)12-23-18)22(29)27-9-7-25(2)8-10-27/h11-15,20H,3-10H2,1-2H3,(H,24,28). The molecule has 2 aromatic rings. The van der Waals surface area contributed by atoms with E-state index >= 15 is 0 Å². The quantitative estimate of drug-likeness (QED) is 0.810. The van der Waals surface area contributed by atoms with Crippen molar-refractivity contribution in [2.75, 3.05) is 46.3 Å². The van der Waals surface area contributed by atoms with Crippen molar-refractivity contribution in [2.45, 2.75) is 31.8 Å². The summed E-state index contributed by atoms with van der Waals surface area (Å²) in [6.07, 6.45) is 4.03. The SMILES string of the molecule is CC1C(NC(=O)c2cc3c(C(=O)N4CCN(C)CC4)csc3cn2)C2CCN1CC2. The van der Waals surface area contributed by atoms with Crippen LogP contribution in [0, 0.1) is 5.92 Å². The fourth-order valence-electron chi connectivity index (χ4n) is 5.17. The maximum atomic E-state index is 13.1. The minimum atomic E-state index is -0.133. The fourth-order valence-corrected chi connectivity index (χ4v) is 6.06. The first-order valence-electron chi connectivity index (χ1n) is 10.9. The molecule has 6 rings (SSSR count). The Labute approximate surface area is 181 Å². The lowest BCUT2D eigenvalue weighted by Crippen LogP contribution is -2.62. The van der Waals surface area contributed by atoms with Gasteiger partial charge in [-0.15, -0.1) is 11.3 Å². The van der Waals surface area contributed by atoms with E-state index < -0.39 is 0 Å². The Morgan fingerprint density at radius 1 is 1.13 bits per heavy atom. The summed E-state index contributed by atoms with van der Waals surface area (Å²) in [6, 6.07) is 2.34. The van der Waals surface area contributed by atoms with E-state index in [0.29, 0.717) is 23.2 Å². The first kappa shape index (κ1) is 19.9. The molecule has 4 saturated heterocycles. The molecule has 2 aromatic heterocycles. The van der Waals surface area contributed by atoms with Gasteiger partial charge in [0.25, 0.3) is 11.8 Å². The van der Waals surface area contributed by atoms with Crippen LogP contribution in [-0.4, -0.2) is 89.9 Å². The maximum Gasteiger partial charge on any atom is 0.270 e. The van der Waals surface area contributed by atoms with E-state index in [4.69, 9.17) is 0 Å². The normalized spacial score (nSPS) is 29.3. The number of nitrogens with one attached hydrogen (secondary N) is 1. The molecule has 1 N–H and O–H groups in total. The van der Waals surface area contributed by atoms with E-state index in [2.05, 4.69) is 34.1 Å². The number of rotatable bonds is 3. The Bertz CT molecular complexity index is 958. The minimum Gasteiger partial charge on any atom is -0.346 e. The highest BCUT2D eigenvalue weighted by molar-refractivity contribution is 7.17. The van der Waals surface area contributed by atoms with E-state index in [1.165, 1.54) is 11.3 Å². The van der Waals surface area contributed by atoms with Crippen LogP contribution in [0.4, 0.5) is 0 Å². The molecule has 2 unspecified atom stereocenters. The molecular formula is C22H29N5O2S. The van der Waals surface area contributed by atoms with Gasteiger partial charge in [0.15, 0.2) is 0 Å². The van der Waals surface area contributed by atoms with Crippen molar-refractivity contribution < 1.29 is 9.59 Å². The summed E-state index contributed by atoms with van der Waals surface area (Å²) in [5.74, 6) is 0.470. The molecule has 4 aliphatic rings. The first-order valence-corrected chi connectivity index (χ1v) is 11.8. The van der Waals surface area contributed by atoms with Gasteiger partial charge in [0, 0.05) is 55.2 Å². The molecule has 8 heteroatoms. The highest BCUT2D eigenvalue weighted by Crippen LogP contribution is 2.32. The fraction of sp³-hybridized carbons (Fsp3) is 0.591. The smallest absolute Gasteiger partial charge is 0.270 e. The highest BCUT2D eigenvalue weighted by Gasteiger charge is 2.40. The Morgan fingerprint density at radius 3 is 2.57 bits per heavy atom. The topological polar surface area (TPSA) is 68.8 Å². The Hall–Kier alpha value is -2.03. The molecule has 0 saturated carbocycles. The molecule has 2 bridgehead atoms. The summed E-state index contributed by atoms with van der Waals surface area (Å²) in [6.45, 7) is 7.73. The van der Waals surface area contributed by atoms with Crippen molar-refractivity contribution in [1.82, 2.24) is 25.0 Å². The van der Waals surface area contributed by atoms with Gasteiger partial charge >= 0.3 is 0 Å². The molecule has 2 atom stereocenters. The number of hydrogen-bond acceptors (Lipinski definition) is 6. The van der Waals surface area contributed by atoms with Crippen LogP contribution in [0.15, 0.2) is 17.6 Å². The molecular weight excluding hydrogens is 398 g/mol. The van der Waals surface area contributed by atoms with E-state index in [-0.39, 0.29) is 17.9 Å². The highest BCUT2D eigenvalue weighted by atomic mass is 32.1. The lowest BCUT2D eigenvalue weighted by atomic mass is 9.79. The number of aromatic nitrogens is 1. The van der Waals surface area contributed by atoms with E-state index in [1.807, 2.05) is 10.3 Å². The van der Waals surface area contributed by atoms with Gasteiger partial charge in [-0.2, -0.15) is 0 Å². The second kappa shape index (κ2) is 7.90. The Morgan fingerprint density at radius 2 is 1.87 bits per heavy atom. The largest absolute Gasteiger partial charge is 0.346 e. The third kappa shape index (κ3) is 3.50. The zero-order valence-corrected chi connectivity index (χ0v) is 18.5. The molecule has 160 valence electrons. The van der Waals surface area contributed by atoms with Gasteiger partial charge in [0.1, 0.15) is 5.69 Å². The minimum absolute atomic E-state index is 0.0536. The van der Waals surface area contributed by atoms with Crippen molar-refractivity contribution >= 4 is 33.2 Å². The predicted octanol–water partition coefficient (Wildman–Crippen LogP) is 1.90.